The minimum absolute atomic E-state index is 0.191. The highest BCUT2D eigenvalue weighted by atomic mass is 35.5. The minimum atomic E-state index is -0.191. The van der Waals surface area contributed by atoms with Crippen LogP contribution in [0.1, 0.15) is 5.56 Å². The van der Waals surface area contributed by atoms with Crippen molar-refractivity contribution >= 4 is 23.2 Å². The van der Waals surface area contributed by atoms with Crippen molar-refractivity contribution in [2.75, 3.05) is 0 Å². The maximum atomic E-state index is 9.23. The van der Waals surface area contributed by atoms with E-state index in [1.807, 2.05) is 0 Å². The van der Waals surface area contributed by atoms with E-state index in [4.69, 9.17) is 27.9 Å². The van der Waals surface area contributed by atoms with Crippen molar-refractivity contribution in [3.05, 3.63) is 52.3 Å². The summed E-state index contributed by atoms with van der Waals surface area (Å²) in [4.78, 5) is 3.91. The van der Waals surface area contributed by atoms with Gasteiger partial charge in [-0.15, -0.1) is 0 Å². The van der Waals surface area contributed by atoms with Crippen LogP contribution in [0.5, 0.6) is 11.5 Å². The lowest BCUT2D eigenvalue weighted by Gasteiger charge is -2.10. The molecule has 1 aromatic carbocycles. The second-order valence-corrected chi connectivity index (χ2v) is 4.16. The molecule has 88 valence electrons. The molecule has 0 fully saturated rings. The van der Waals surface area contributed by atoms with Gasteiger partial charge in [0.25, 0.3) is 0 Å². The largest absolute Gasteiger partial charge is 0.455 e. The van der Waals surface area contributed by atoms with Gasteiger partial charge in [-0.1, -0.05) is 29.3 Å². The van der Waals surface area contributed by atoms with Gasteiger partial charge >= 0.3 is 0 Å². The van der Waals surface area contributed by atoms with Gasteiger partial charge in [-0.25, -0.2) is 0 Å². The number of hydrogen-bond donors (Lipinski definition) is 1. The molecular formula is C12H9Cl2NO2. The van der Waals surface area contributed by atoms with Gasteiger partial charge in [-0.05, 0) is 12.1 Å². The van der Waals surface area contributed by atoms with Crippen molar-refractivity contribution in [2.24, 2.45) is 0 Å². The van der Waals surface area contributed by atoms with Crippen LogP contribution in [0.2, 0.25) is 10.0 Å². The van der Waals surface area contributed by atoms with E-state index in [2.05, 4.69) is 4.98 Å². The summed E-state index contributed by atoms with van der Waals surface area (Å²) in [6, 6.07) is 6.79. The summed E-state index contributed by atoms with van der Waals surface area (Å²) in [5.41, 5.74) is 0.536. The fourth-order valence-corrected chi connectivity index (χ4v) is 1.75. The minimum Gasteiger partial charge on any atom is -0.455 e. The molecule has 1 N–H and O–H groups in total. The van der Waals surface area contributed by atoms with E-state index in [0.29, 0.717) is 27.1 Å². The molecule has 0 saturated carbocycles. The number of halogens is 2. The summed E-state index contributed by atoms with van der Waals surface area (Å²) < 4.78 is 5.57. The van der Waals surface area contributed by atoms with E-state index in [9.17, 15) is 5.11 Å². The third-order valence-corrected chi connectivity index (χ3v) is 2.70. The molecule has 0 radical (unpaired) electrons. The van der Waals surface area contributed by atoms with Crippen LogP contribution in [0.3, 0.4) is 0 Å². The Kier molecular flexibility index (Phi) is 3.84. The van der Waals surface area contributed by atoms with Crippen LogP contribution in [-0.2, 0) is 6.61 Å². The first kappa shape index (κ1) is 12.2. The lowest BCUT2D eigenvalue weighted by Crippen LogP contribution is -1.93. The Hall–Kier alpha value is -1.29. The molecular weight excluding hydrogens is 261 g/mol. The van der Waals surface area contributed by atoms with Crippen molar-refractivity contribution < 1.29 is 9.84 Å². The molecule has 17 heavy (non-hydrogen) atoms. The van der Waals surface area contributed by atoms with E-state index >= 15 is 0 Å². The molecule has 2 aromatic rings. The standard InChI is InChI=1S/C12H9Cl2NO2/c13-8-4-9(6-15-5-8)17-12-3-1-2-11(14)10(12)7-16/h1-6,16H,7H2. The first-order valence-electron chi connectivity index (χ1n) is 4.87. The van der Waals surface area contributed by atoms with Crippen LogP contribution in [0.25, 0.3) is 0 Å². The van der Waals surface area contributed by atoms with E-state index in [1.165, 1.54) is 12.4 Å². The summed E-state index contributed by atoms with van der Waals surface area (Å²) in [5.74, 6) is 0.985. The number of aliphatic hydroxyl groups excluding tert-OH is 1. The van der Waals surface area contributed by atoms with Gasteiger partial charge in [0.05, 0.1) is 17.8 Å². The zero-order chi connectivity index (χ0) is 12.3. The Balaban J connectivity index is 2.33. The van der Waals surface area contributed by atoms with E-state index < -0.39 is 0 Å². The molecule has 2 rings (SSSR count). The molecule has 0 saturated heterocycles. The Morgan fingerprint density at radius 2 is 2.06 bits per heavy atom. The van der Waals surface area contributed by atoms with Crippen LogP contribution in [-0.4, -0.2) is 10.1 Å². The van der Waals surface area contributed by atoms with Gasteiger partial charge in [-0.2, -0.15) is 0 Å². The number of nitrogens with zero attached hydrogens (tertiary/aromatic N) is 1. The normalized spacial score (nSPS) is 10.3. The number of benzene rings is 1. The zero-order valence-electron chi connectivity index (χ0n) is 8.73. The fourth-order valence-electron chi connectivity index (χ4n) is 1.36. The first-order valence-corrected chi connectivity index (χ1v) is 5.63. The quantitative estimate of drug-likeness (QED) is 0.925. The van der Waals surface area contributed by atoms with Crippen molar-refractivity contribution in [2.45, 2.75) is 6.61 Å². The smallest absolute Gasteiger partial charge is 0.147 e. The van der Waals surface area contributed by atoms with Crippen LogP contribution in [0, 0.1) is 0 Å². The van der Waals surface area contributed by atoms with Crippen LogP contribution in [0.15, 0.2) is 36.7 Å². The molecule has 0 spiro atoms. The Morgan fingerprint density at radius 1 is 1.24 bits per heavy atom. The molecule has 3 nitrogen and oxygen atoms in total. The van der Waals surface area contributed by atoms with Crippen LogP contribution < -0.4 is 4.74 Å². The van der Waals surface area contributed by atoms with Gasteiger partial charge in [-0.3, -0.25) is 4.98 Å². The lowest BCUT2D eigenvalue weighted by atomic mass is 10.2. The van der Waals surface area contributed by atoms with Crippen LogP contribution in [0.4, 0.5) is 0 Å². The SMILES string of the molecule is OCc1c(Cl)cccc1Oc1cncc(Cl)c1. The first-order chi connectivity index (χ1) is 8.20. The number of ether oxygens (including phenoxy) is 1. The number of aliphatic hydroxyl groups is 1. The Morgan fingerprint density at radius 3 is 2.76 bits per heavy atom. The Labute approximate surface area is 109 Å². The average Bonchev–Trinajstić information content (AvgIpc) is 2.29. The van der Waals surface area contributed by atoms with Gasteiger partial charge < -0.3 is 9.84 Å². The van der Waals surface area contributed by atoms with E-state index in [-0.39, 0.29) is 6.61 Å². The predicted molar refractivity (Wildman–Crippen MR) is 66.7 cm³/mol. The molecule has 1 aromatic heterocycles. The summed E-state index contributed by atoms with van der Waals surface area (Å²) >= 11 is 11.7. The molecule has 0 aliphatic rings. The topological polar surface area (TPSA) is 42.4 Å². The van der Waals surface area contributed by atoms with Gasteiger partial charge in [0.15, 0.2) is 0 Å². The fraction of sp³-hybridized carbons (Fsp3) is 0.0833. The maximum Gasteiger partial charge on any atom is 0.147 e. The summed E-state index contributed by atoms with van der Waals surface area (Å²) in [5, 5.41) is 10.2. The monoisotopic (exact) mass is 269 g/mol. The summed E-state index contributed by atoms with van der Waals surface area (Å²) in [6.45, 7) is -0.191. The predicted octanol–water partition coefficient (Wildman–Crippen LogP) is 3.67. The number of pyridine rings is 1. The second-order valence-electron chi connectivity index (χ2n) is 3.32. The van der Waals surface area contributed by atoms with Gasteiger partial charge in [0.2, 0.25) is 0 Å². The third-order valence-electron chi connectivity index (χ3n) is 2.14. The molecule has 0 aliphatic heterocycles. The average molecular weight is 270 g/mol. The third kappa shape index (κ3) is 2.88. The highest BCUT2D eigenvalue weighted by Crippen LogP contribution is 2.30. The van der Waals surface area contributed by atoms with Gasteiger partial charge in [0, 0.05) is 22.8 Å². The number of hydrogen-bond acceptors (Lipinski definition) is 3. The molecule has 0 bridgehead atoms. The molecule has 1 heterocycles. The molecule has 5 heteroatoms. The summed E-state index contributed by atoms with van der Waals surface area (Å²) in [6.07, 6.45) is 3.05. The van der Waals surface area contributed by atoms with Gasteiger partial charge in [0.1, 0.15) is 11.5 Å². The van der Waals surface area contributed by atoms with E-state index in [0.717, 1.165) is 0 Å². The molecule has 0 atom stereocenters. The van der Waals surface area contributed by atoms with Crippen molar-refractivity contribution in [1.29, 1.82) is 0 Å². The van der Waals surface area contributed by atoms with E-state index in [1.54, 1.807) is 24.3 Å². The second kappa shape index (κ2) is 5.36. The highest BCUT2D eigenvalue weighted by Gasteiger charge is 2.08. The van der Waals surface area contributed by atoms with Crippen molar-refractivity contribution in [3.63, 3.8) is 0 Å². The Bertz CT molecular complexity index is 532. The lowest BCUT2D eigenvalue weighted by molar-refractivity contribution is 0.276. The highest BCUT2D eigenvalue weighted by molar-refractivity contribution is 6.31. The number of aromatic nitrogens is 1. The molecule has 0 unspecified atom stereocenters. The maximum absolute atomic E-state index is 9.23. The summed E-state index contributed by atoms with van der Waals surface area (Å²) in [7, 11) is 0. The van der Waals surface area contributed by atoms with Crippen molar-refractivity contribution in [1.82, 2.24) is 4.98 Å². The molecule has 0 aliphatic carbocycles. The molecule has 0 amide bonds. The number of rotatable bonds is 3. The van der Waals surface area contributed by atoms with Crippen LogP contribution >= 0.6 is 23.2 Å². The van der Waals surface area contributed by atoms with Crippen molar-refractivity contribution in [3.8, 4) is 11.5 Å². The zero-order valence-corrected chi connectivity index (χ0v) is 10.2.